The number of amides is 1. The second-order valence-electron chi connectivity index (χ2n) is 6.08. The Bertz CT molecular complexity index is 811. The predicted molar refractivity (Wildman–Crippen MR) is 103 cm³/mol. The molecule has 3 aliphatic heterocycles. The van der Waals surface area contributed by atoms with Gasteiger partial charge in [-0.2, -0.15) is 0 Å². The minimum Gasteiger partial charge on any atom is -0.412 e. The molecule has 0 bridgehead atoms. The average Bonchev–Trinajstić information content (AvgIpc) is 3.11. The lowest BCUT2D eigenvalue weighted by Crippen LogP contribution is -2.31. The number of anilines is 1. The van der Waals surface area contributed by atoms with Gasteiger partial charge in [-0.3, -0.25) is 15.1 Å². The Hall–Kier alpha value is -2.48. The van der Waals surface area contributed by atoms with Crippen molar-refractivity contribution in [2.24, 2.45) is 0 Å². The SMILES string of the molecule is Cl.O.O=CNc1nc(C2CCNC(c3ccccc3)C2)c2nccc-2[nH]1. The number of rotatable bonds is 4. The third kappa shape index (κ3) is 3.85. The molecule has 0 radical (unpaired) electrons. The van der Waals surface area contributed by atoms with E-state index in [-0.39, 0.29) is 17.9 Å². The van der Waals surface area contributed by atoms with Crippen LogP contribution in [0.3, 0.4) is 0 Å². The van der Waals surface area contributed by atoms with Crippen molar-refractivity contribution in [1.29, 1.82) is 0 Å². The molecule has 26 heavy (non-hydrogen) atoms. The summed E-state index contributed by atoms with van der Waals surface area (Å²) in [7, 11) is 0. The summed E-state index contributed by atoms with van der Waals surface area (Å²) >= 11 is 0. The number of halogens is 1. The van der Waals surface area contributed by atoms with E-state index in [1.54, 1.807) is 6.20 Å². The molecular formula is C18H22ClN5O2. The molecule has 1 saturated heterocycles. The van der Waals surface area contributed by atoms with Crippen LogP contribution >= 0.6 is 12.4 Å². The first-order valence-corrected chi connectivity index (χ1v) is 8.18. The van der Waals surface area contributed by atoms with Gasteiger partial charge in [-0.25, -0.2) is 4.98 Å². The Morgan fingerprint density at radius 1 is 1.19 bits per heavy atom. The van der Waals surface area contributed by atoms with Crippen LogP contribution in [0.4, 0.5) is 5.95 Å². The van der Waals surface area contributed by atoms with Crippen molar-refractivity contribution in [3.63, 3.8) is 0 Å². The van der Waals surface area contributed by atoms with E-state index in [0.717, 1.165) is 36.5 Å². The Morgan fingerprint density at radius 3 is 2.77 bits per heavy atom. The van der Waals surface area contributed by atoms with Crippen molar-refractivity contribution in [2.45, 2.75) is 24.8 Å². The summed E-state index contributed by atoms with van der Waals surface area (Å²) in [6.07, 6.45) is 4.37. The normalized spacial score (nSPS) is 19.2. The summed E-state index contributed by atoms with van der Waals surface area (Å²) in [6, 6.07) is 12.7. The molecule has 1 aromatic carbocycles. The summed E-state index contributed by atoms with van der Waals surface area (Å²) in [4.78, 5) is 23.0. The van der Waals surface area contributed by atoms with Crippen LogP contribution in [0.2, 0.25) is 0 Å². The summed E-state index contributed by atoms with van der Waals surface area (Å²) in [5, 5.41) is 6.21. The number of fused-ring (bicyclic) bond motifs is 1. The van der Waals surface area contributed by atoms with Crippen LogP contribution in [-0.4, -0.2) is 33.4 Å². The molecule has 2 atom stereocenters. The Morgan fingerprint density at radius 2 is 2.00 bits per heavy atom. The van der Waals surface area contributed by atoms with Gasteiger partial charge in [0.25, 0.3) is 0 Å². The summed E-state index contributed by atoms with van der Waals surface area (Å²) in [6.45, 7) is 0.934. The zero-order valence-corrected chi connectivity index (χ0v) is 14.9. The molecule has 3 heterocycles. The first kappa shape index (κ1) is 19.8. The molecule has 0 aliphatic carbocycles. The van der Waals surface area contributed by atoms with Gasteiger partial charge in [-0.05, 0) is 31.0 Å². The molecule has 4 rings (SSSR count). The maximum atomic E-state index is 10.8. The molecule has 3 aliphatic rings. The van der Waals surface area contributed by atoms with Crippen LogP contribution in [0.1, 0.15) is 36.1 Å². The van der Waals surface area contributed by atoms with E-state index in [2.05, 4.69) is 49.9 Å². The number of nitrogens with one attached hydrogen (secondary N) is 3. The molecule has 1 aromatic rings. The van der Waals surface area contributed by atoms with Gasteiger partial charge in [0.2, 0.25) is 12.4 Å². The average molecular weight is 376 g/mol. The third-order valence-corrected chi connectivity index (χ3v) is 4.62. The van der Waals surface area contributed by atoms with Gasteiger partial charge >= 0.3 is 0 Å². The van der Waals surface area contributed by atoms with Crippen molar-refractivity contribution in [3.05, 3.63) is 53.9 Å². The number of hydrogen-bond acceptors (Lipinski definition) is 4. The largest absolute Gasteiger partial charge is 0.412 e. The van der Waals surface area contributed by atoms with Crippen molar-refractivity contribution in [2.75, 3.05) is 11.9 Å². The maximum Gasteiger partial charge on any atom is 0.213 e. The van der Waals surface area contributed by atoms with Gasteiger partial charge in [0.1, 0.15) is 5.69 Å². The second kappa shape index (κ2) is 8.75. The predicted octanol–water partition coefficient (Wildman–Crippen LogP) is 2.28. The molecule has 0 aromatic heterocycles. The van der Waals surface area contributed by atoms with Gasteiger partial charge in [0.05, 0.1) is 11.4 Å². The fourth-order valence-electron chi connectivity index (χ4n) is 3.48. The molecule has 7 nitrogen and oxygen atoms in total. The van der Waals surface area contributed by atoms with Gasteiger partial charge in [0, 0.05) is 18.2 Å². The number of piperidine rings is 1. The highest BCUT2D eigenvalue weighted by molar-refractivity contribution is 5.85. The second-order valence-corrected chi connectivity index (χ2v) is 6.08. The quantitative estimate of drug-likeness (QED) is 0.607. The minimum absolute atomic E-state index is 0. The number of aromatic amines is 1. The zero-order chi connectivity index (χ0) is 16.4. The number of hydrogen-bond donors (Lipinski definition) is 3. The molecule has 2 unspecified atom stereocenters. The monoisotopic (exact) mass is 375 g/mol. The van der Waals surface area contributed by atoms with E-state index < -0.39 is 0 Å². The Kier molecular flexibility index (Phi) is 6.68. The van der Waals surface area contributed by atoms with Crippen LogP contribution < -0.4 is 10.6 Å². The van der Waals surface area contributed by atoms with Crippen molar-refractivity contribution in [3.8, 4) is 11.4 Å². The standard InChI is InChI=1S/C18H19N5O.ClH.H2O/c24-11-21-18-22-14-7-9-20-17(14)16(23-18)13-6-8-19-15(10-13)12-4-2-1-3-5-12;;/h1-5,7,9,11,13,15,19H,6,8,10H2,(H2,21,22,23,24);1H;1H2. The van der Waals surface area contributed by atoms with Gasteiger partial charge in [0.15, 0.2) is 0 Å². The first-order chi connectivity index (χ1) is 11.8. The van der Waals surface area contributed by atoms with E-state index in [1.165, 1.54) is 5.56 Å². The molecule has 1 amide bonds. The van der Waals surface area contributed by atoms with Crippen LogP contribution in [0.25, 0.3) is 11.4 Å². The van der Waals surface area contributed by atoms with Crippen molar-refractivity contribution in [1.82, 2.24) is 20.3 Å². The molecular weight excluding hydrogens is 354 g/mol. The van der Waals surface area contributed by atoms with E-state index in [4.69, 9.17) is 0 Å². The lowest BCUT2D eigenvalue weighted by atomic mass is 9.85. The highest BCUT2D eigenvalue weighted by atomic mass is 35.5. The van der Waals surface area contributed by atoms with Crippen molar-refractivity contribution >= 4 is 24.8 Å². The number of H-pyrrole nitrogens is 1. The molecule has 0 saturated carbocycles. The minimum atomic E-state index is 0. The van der Waals surface area contributed by atoms with Crippen LogP contribution in [0.5, 0.6) is 0 Å². The summed E-state index contributed by atoms with van der Waals surface area (Å²) in [5.74, 6) is 0.769. The number of carbonyl (C=O) groups excluding carboxylic acids is 1. The fourth-order valence-corrected chi connectivity index (χ4v) is 3.48. The van der Waals surface area contributed by atoms with Gasteiger partial charge in [-0.1, -0.05) is 30.3 Å². The van der Waals surface area contributed by atoms with Gasteiger partial charge < -0.3 is 15.8 Å². The van der Waals surface area contributed by atoms with Crippen LogP contribution in [0.15, 0.2) is 42.6 Å². The number of carbonyl (C=O) groups is 1. The summed E-state index contributed by atoms with van der Waals surface area (Å²) < 4.78 is 0. The van der Waals surface area contributed by atoms with E-state index in [1.807, 2.05) is 12.1 Å². The number of benzene rings is 1. The Balaban J connectivity index is 0.00000121. The van der Waals surface area contributed by atoms with Gasteiger partial charge in [-0.15, -0.1) is 12.4 Å². The molecule has 138 valence electrons. The molecule has 5 N–H and O–H groups in total. The van der Waals surface area contributed by atoms with E-state index in [0.29, 0.717) is 24.3 Å². The number of aromatic nitrogens is 3. The van der Waals surface area contributed by atoms with E-state index in [9.17, 15) is 4.79 Å². The topological polar surface area (TPSA) is 114 Å². The van der Waals surface area contributed by atoms with Crippen LogP contribution in [0, 0.1) is 0 Å². The van der Waals surface area contributed by atoms with E-state index >= 15 is 0 Å². The molecule has 8 heteroatoms. The van der Waals surface area contributed by atoms with Crippen molar-refractivity contribution < 1.29 is 10.3 Å². The fraction of sp³-hybridized carbons (Fsp3) is 0.278. The lowest BCUT2D eigenvalue weighted by Gasteiger charge is -2.31. The molecule has 1 fully saturated rings. The smallest absolute Gasteiger partial charge is 0.213 e. The first-order valence-electron chi connectivity index (χ1n) is 8.18. The lowest BCUT2D eigenvalue weighted by molar-refractivity contribution is -0.105. The maximum absolute atomic E-state index is 10.8. The Labute approximate surface area is 157 Å². The molecule has 0 spiro atoms. The highest BCUT2D eigenvalue weighted by Gasteiger charge is 2.28. The number of nitrogens with zero attached hydrogens (tertiary/aromatic N) is 2. The highest BCUT2D eigenvalue weighted by Crippen LogP contribution is 2.37. The van der Waals surface area contributed by atoms with Crippen LogP contribution in [-0.2, 0) is 4.79 Å². The third-order valence-electron chi connectivity index (χ3n) is 4.62. The zero-order valence-electron chi connectivity index (χ0n) is 14.1. The summed E-state index contributed by atoms with van der Waals surface area (Å²) in [5.41, 5.74) is 4.05.